The minimum atomic E-state index is 0.0585. The average Bonchev–Trinajstić information content (AvgIpc) is 2.89. The van der Waals surface area contributed by atoms with Crippen molar-refractivity contribution in [2.45, 2.75) is 32.0 Å². The fourth-order valence-electron chi connectivity index (χ4n) is 4.89. The molecule has 3 aliphatic rings. The molecule has 3 heterocycles. The number of piperidine rings is 1. The number of ether oxygens (including phenoxy) is 3. The lowest BCUT2D eigenvalue weighted by Gasteiger charge is -2.31. The number of carbonyl (C=O) groups excluding carboxylic acids is 1. The molecule has 0 saturated carbocycles. The van der Waals surface area contributed by atoms with Crippen LogP contribution in [0.3, 0.4) is 0 Å². The fraction of sp³-hybridized carbons (Fsp3) is 0.444. The maximum atomic E-state index is 13.1. The number of hydrogen-bond donors (Lipinski definition) is 1. The second-order valence-corrected chi connectivity index (χ2v) is 10.6. The molecular formula is C27H33N2O4P. The molecule has 1 fully saturated rings. The summed E-state index contributed by atoms with van der Waals surface area (Å²) in [6.07, 6.45) is 7.00. The quantitative estimate of drug-likeness (QED) is 0.635. The second-order valence-electron chi connectivity index (χ2n) is 9.21. The number of fused-ring (bicyclic) bond motifs is 2. The molecular weight excluding hydrogens is 447 g/mol. The first kappa shape index (κ1) is 23.3. The highest BCUT2D eigenvalue weighted by Gasteiger charge is 2.26. The van der Waals surface area contributed by atoms with Gasteiger partial charge < -0.3 is 24.4 Å². The van der Waals surface area contributed by atoms with Crippen molar-refractivity contribution in [1.82, 2.24) is 4.90 Å². The van der Waals surface area contributed by atoms with E-state index in [1.54, 1.807) is 7.11 Å². The molecule has 1 N–H and O–H groups in total. The van der Waals surface area contributed by atoms with Crippen molar-refractivity contribution in [3.63, 3.8) is 0 Å². The molecule has 6 nitrogen and oxygen atoms in total. The lowest BCUT2D eigenvalue weighted by Crippen LogP contribution is -2.39. The van der Waals surface area contributed by atoms with E-state index in [-0.39, 0.29) is 17.7 Å². The Labute approximate surface area is 203 Å². The second kappa shape index (κ2) is 10.5. The highest BCUT2D eigenvalue weighted by atomic mass is 31.1. The predicted octanol–water partition coefficient (Wildman–Crippen LogP) is 3.96. The molecule has 7 heteroatoms. The summed E-state index contributed by atoms with van der Waals surface area (Å²) in [4.78, 5) is 15.6. The standard InChI is InChI=1S/C27H33N2O4P/c1-18-3-6-22(26-21(18)5-8-25(31-2)34-26)28-27(30)20-10-13-29(14-11-20)12-9-19-4-7-23-24(17-19)33-16-15-32-23/h3-8,17,20,25,34H,9-16H2,1-2H3,(H,28,30). The Morgan fingerprint density at radius 1 is 1.15 bits per heavy atom. The van der Waals surface area contributed by atoms with E-state index in [1.165, 1.54) is 22.0 Å². The molecule has 2 unspecified atom stereocenters. The number of amides is 1. The van der Waals surface area contributed by atoms with Crippen molar-refractivity contribution in [3.8, 4) is 11.5 Å². The molecule has 0 spiro atoms. The van der Waals surface area contributed by atoms with Crippen molar-refractivity contribution in [1.29, 1.82) is 0 Å². The topological polar surface area (TPSA) is 60.0 Å². The molecule has 34 heavy (non-hydrogen) atoms. The molecule has 3 aliphatic heterocycles. The van der Waals surface area contributed by atoms with Gasteiger partial charge in [-0.1, -0.05) is 32.9 Å². The van der Waals surface area contributed by atoms with Crippen LogP contribution in [0, 0.1) is 12.8 Å². The molecule has 1 saturated heterocycles. The zero-order valence-corrected chi connectivity index (χ0v) is 20.9. The zero-order valence-electron chi connectivity index (χ0n) is 19.9. The van der Waals surface area contributed by atoms with E-state index in [2.05, 4.69) is 47.5 Å². The Balaban J connectivity index is 1.14. The highest BCUT2D eigenvalue weighted by molar-refractivity contribution is 7.48. The lowest BCUT2D eigenvalue weighted by molar-refractivity contribution is -0.121. The van der Waals surface area contributed by atoms with Crippen molar-refractivity contribution >= 4 is 31.6 Å². The Bertz CT molecular complexity index is 1080. The molecule has 2 atom stereocenters. The van der Waals surface area contributed by atoms with Crippen molar-refractivity contribution in [2.24, 2.45) is 5.92 Å². The molecule has 2 aromatic carbocycles. The van der Waals surface area contributed by atoms with Crippen LogP contribution in [0.2, 0.25) is 0 Å². The third kappa shape index (κ3) is 5.14. The maximum Gasteiger partial charge on any atom is 0.227 e. The van der Waals surface area contributed by atoms with Crippen LogP contribution in [0.15, 0.2) is 36.4 Å². The van der Waals surface area contributed by atoms with E-state index in [1.807, 2.05) is 12.1 Å². The number of benzene rings is 2. The molecule has 1 amide bonds. The number of nitrogens with zero attached hydrogens (tertiary/aromatic N) is 1. The van der Waals surface area contributed by atoms with Crippen LogP contribution in [0.25, 0.3) is 6.08 Å². The molecule has 2 aromatic rings. The molecule has 0 aromatic heterocycles. The van der Waals surface area contributed by atoms with Gasteiger partial charge in [0.1, 0.15) is 13.2 Å². The van der Waals surface area contributed by atoms with Gasteiger partial charge in [-0.25, -0.2) is 0 Å². The van der Waals surface area contributed by atoms with Gasteiger partial charge in [-0.05, 0) is 74.2 Å². The van der Waals surface area contributed by atoms with Gasteiger partial charge in [-0.3, -0.25) is 4.79 Å². The molecule has 180 valence electrons. The van der Waals surface area contributed by atoms with E-state index in [0.29, 0.717) is 21.8 Å². The van der Waals surface area contributed by atoms with Crippen LogP contribution in [0.1, 0.15) is 29.5 Å². The fourth-order valence-corrected chi connectivity index (χ4v) is 6.23. The van der Waals surface area contributed by atoms with Gasteiger partial charge in [0, 0.05) is 30.6 Å². The van der Waals surface area contributed by atoms with E-state index in [0.717, 1.165) is 56.1 Å². The number of hydrogen-bond acceptors (Lipinski definition) is 5. The first-order chi connectivity index (χ1) is 16.6. The van der Waals surface area contributed by atoms with E-state index >= 15 is 0 Å². The summed E-state index contributed by atoms with van der Waals surface area (Å²) in [7, 11) is 2.24. The van der Waals surface area contributed by atoms with Gasteiger partial charge in [0.15, 0.2) is 11.5 Å². The van der Waals surface area contributed by atoms with Crippen LogP contribution >= 0.6 is 8.58 Å². The molecule has 5 rings (SSSR count). The summed E-state index contributed by atoms with van der Waals surface area (Å²) in [6, 6.07) is 10.4. The molecule has 0 bridgehead atoms. The summed E-state index contributed by atoms with van der Waals surface area (Å²) in [5.74, 6) is 1.98. The largest absolute Gasteiger partial charge is 0.486 e. The van der Waals surface area contributed by atoms with Crippen LogP contribution in [0.5, 0.6) is 11.5 Å². The van der Waals surface area contributed by atoms with Crippen molar-refractivity contribution in [3.05, 3.63) is 53.1 Å². The van der Waals surface area contributed by atoms with E-state index in [9.17, 15) is 4.79 Å². The number of aryl methyl sites for hydroxylation is 1. The molecule has 0 radical (unpaired) electrons. The minimum Gasteiger partial charge on any atom is -0.486 e. The number of methoxy groups -OCH3 is 1. The number of rotatable bonds is 6. The number of likely N-dealkylation sites (tertiary alicyclic amines) is 1. The van der Waals surface area contributed by atoms with Gasteiger partial charge in [0.05, 0.1) is 5.85 Å². The monoisotopic (exact) mass is 480 g/mol. The van der Waals surface area contributed by atoms with Gasteiger partial charge >= 0.3 is 0 Å². The van der Waals surface area contributed by atoms with Crippen LogP contribution < -0.4 is 20.1 Å². The third-order valence-electron chi connectivity index (χ3n) is 6.98. The predicted molar refractivity (Wildman–Crippen MR) is 138 cm³/mol. The summed E-state index contributed by atoms with van der Waals surface area (Å²) in [5.41, 5.74) is 4.66. The molecule has 0 aliphatic carbocycles. The summed E-state index contributed by atoms with van der Waals surface area (Å²) in [5, 5.41) is 4.46. The first-order valence-electron chi connectivity index (χ1n) is 12.1. The normalized spacial score (nSPS) is 20.8. The van der Waals surface area contributed by atoms with Crippen LogP contribution in [0.4, 0.5) is 5.69 Å². The smallest absolute Gasteiger partial charge is 0.227 e. The maximum absolute atomic E-state index is 13.1. The van der Waals surface area contributed by atoms with Crippen LogP contribution in [-0.4, -0.2) is 56.6 Å². The number of anilines is 1. The van der Waals surface area contributed by atoms with Crippen molar-refractivity contribution < 1.29 is 19.0 Å². The Morgan fingerprint density at radius 2 is 1.94 bits per heavy atom. The van der Waals surface area contributed by atoms with E-state index < -0.39 is 0 Å². The van der Waals surface area contributed by atoms with Crippen molar-refractivity contribution in [2.75, 3.05) is 45.3 Å². The van der Waals surface area contributed by atoms with Gasteiger partial charge in [0.25, 0.3) is 0 Å². The summed E-state index contributed by atoms with van der Waals surface area (Å²) in [6.45, 7) is 6.24. The third-order valence-corrected chi connectivity index (χ3v) is 8.52. The van der Waals surface area contributed by atoms with Crippen LogP contribution in [-0.2, 0) is 16.0 Å². The minimum absolute atomic E-state index is 0.0585. The average molecular weight is 481 g/mol. The highest BCUT2D eigenvalue weighted by Crippen LogP contribution is 2.34. The Morgan fingerprint density at radius 3 is 2.74 bits per heavy atom. The van der Waals surface area contributed by atoms with Gasteiger partial charge in [-0.15, -0.1) is 0 Å². The zero-order chi connectivity index (χ0) is 23.5. The first-order valence-corrected chi connectivity index (χ1v) is 13.2. The lowest BCUT2D eigenvalue weighted by atomic mass is 9.95. The summed E-state index contributed by atoms with van der Waals surface area (Å²) >= 11 is 0. The summed E-state index contributed by atoms with van der Waals surface area (Å²) < 4.78 is 16.9. The van der Waals surface area contributed by atoms with Gasteiger partial charge in [-0.2, -0.15) is 0 Å². The number of nitrogens with one attached hydrogen (secondary N) is 1. The van der Waals surface area contributed by atoms with Gasteiger partial charge in [0.2, 0.25) is 5.91 Å². The van der Waals surface area contributed by atoms with E-state index in [4.69, 9.17) is 14.2 Å². The number of carbonyl (C=O) groups is 1. The Kier molecular flexibility index (Phi) is 7.19. The SMILES string of the molecule is COC1C=Cc2c(C)ccc(NC(=O)C3CCN(CCc4ccc5c(c4)OCCO5)CC3)c2P1. The Hall–Kier alpha value is -2.40.